The Morgan fingerprint density at radius 2 is 1.94 bits per heavy atom. The standard InChI is InChI=1S/C23H31ClN4O3/c1-23(2,3)20(22(30)25-16-5-6-16)26-21(29)19-17-12-15(24)4-7-18(17)28(27-19)13-14-8-10-31-11-9-14/h4,7,12,14,16,20H,5-6,8-11,13H2,1-3H3,(H,25,30)(H,26,29). The van der Waals surface area contributed by atoms with Gasteiger partial charge < -0.3 is 15.4 Å². The molecule has 2 aromatic rings. The Morgan fingerprint density at radius 3 is 2.58 bits per heavy atom. The molecule has 2 N–H and O–H groups in total. The molecule has 0 spiro atoms. The van der Waals surface area contributed by atoms with E-state index in [-0.39, 0.29) is 17.9 Å². The van der Waals surface area contributed by atoms with Crippen LogP contribution in [0.3, 0.4) is 0 Å². The van der Waals surface area contributed by atoms with Crippen molar-refractivity contribution in [1.82, 2.24) is 20.4 Å². The molecule has 0 bridgehead atoms. The average molecular weight is 447 g/mol. The first-order valence-electron chi connectivity index (χ1n) is 11.1. The van der Waals surface area contributed by atoms with Gasteiger partial charge in [-0.05, 0) is 55.2 Å². The minimum atomic E-state index is -0.657. The number of hydrogen-bond acceptors (Lipinski definition) is 4. The number of amides is 2. The van der Waals surface area contributed by atoms with E-state index >= 15 is 0 Å². The van der Waals surface area contributed by atoms with Crippen LogP contribution in [0.1, 0.15) is 56.9 Å². The zero-order valence-electron chi connectivity index (χ0n) is 18.4. The Hall–Kier alpha value is -2.12. The van der Waals surface area contributed by atoms with Gasteiger partial charge in [0.05, 0.1) is 5.52 Å². The van der Waals surface area contributed by atoms with Gasteiger partial charge in [0.25, 0.3) is 5.91 Å². The summed E-state index contributed by atoms with van der Waals surface area (Å²) in [5.74, 6) is -0.0497. The summed E-state index contributed by atoms with van der Waals surface area (Å²) in [5, 5.41) is 11.9. The van der Waals surface area contributed by atoms with Crippen LogP contribution in [0.5, 0.6) is 0 Å². The number of nitrogens with zero attached hydrogens (tertiary/aromatic N) is 2. The van der Waals surface area contributed by atoms with E-state index in [1.54, 1.807) is 6.07 Å². The first kappa shape index (κ1) is 22.1. The van der Waals surface area contributed by atoms with Gasteiger partial charge in [0.2, 0.25) is 5.91 Å². The van der Waals surface area contributed by atoms with Crippen molar-refractivity contribution in [2.24, 2.45) is 11.3 Å². The maximum absolute atomic E-state index is 13.3. The molecule has 31 heavy (non-hydrogen) atoms. The number of ether oxygens (including phenoxy) is 1. The number of fused-ring (bicyclic) bond motifs is 1. The third-order valence-corrected chi connectivity index (χ3v) is 6.26. The van der Waals surface area contributed by atoms with Gasteiger partial charge in [-0.1, -0.05) is 32.4 Å². The smallest absolute Gasteiger partial charge is 0.273 e. The van der Waals surface area contributed by atoms with E-state index in [0.29, 0.717) is 22.0 Å². The molecule has 2 amide bonds. The van der Waals surface area contributed by atoms with Crippen LogP contribution in [0, 0.1) is 11.3 Å². The summed E-state index contributed by atoms with van der Waals surface area (Å²) in [6.45, 7) is 8.08. The van der Waals surface area contributed by atoms with Crippen LogP contribution in [0.25, 0.3) is 10.9 Å². The van der Waals surface area contributed by atoms with Crippen molar-refractivity contribution in [3.63, 3.8) is 0 Å². The highest BCUT2D eigenvalue weighted by molar-refractivity contribution is 6.31. The van der Waals surface area contributed by atoms with Crippen molar-refractivity contribution in [2.75, 3.05) is 13.2 Å². The normalized spacial score (nSPS) is 18.7. The zero-order valence-corrected chi connectivity index (χ0v) is 19.2. The molecule has 4 rings (SSSR count). The van der Waals surface area contributed by atoms with E-state index < -0.39 is 11.5 Å². The average Bonchev–Trinajstić information content (AvgIpc) is 3.46. The van der Waals surface area contributed by atoms with E-state index in [4.69, 9.17) is 16.3 Å². The molecule has 1 aromatic carbocycles. The number of carbonyl (C=O) groups excluding carboxylic acids is 2. The van der Waals surface area contributed by atoms with E-state index in [2.05, 4.69) is 15.7 Å². The Labute approximate surface area is 187 Å². The van der Waals surface area contributed by atoms with Gasteiger partial charge in [-0.25, -0.2) is 0 Å². The number of aromatic nitrogens is 2. The third-order valence-electron chi connectivity index (χ3n) is 6.03. The monoisotopic (exact) mass is 446 g/mol. The van der Waals surface area contributed by atoms with E-state index in [1.807, 2.05) is 37.6 Å². The number of benzene rings is 1. The molecule has 2 fully saturated rings. The van der Waals surface area contributed by atoms with Crippen LogP contribution < -0.4 is 10.6 Å². The first-order valence-corrected chi connectivity index (χ1v) is 11.4. The number of hydrogen-bond donors (Lipinski definition) is 2. The second-order valence-electron chi connectivity index (χ2n) is 9.80. The lowest BCUT2D eigenvalue weighted by atomic mass is 9.86. The van der Waals surface area contributed by atoms with Crippen molar-refractivity contribution < 1.29 is 14.3 Å². The highest BCUT2D eigenvalue weighted by Crippen LogP contribution is 2.27. The lowest BCUT2D eigenvalue weighted by molar-refractivity contribution is -0.125. The molecular weight excluding hydrogens is 416 g/mol. The zero-order chi connectivity index (χ0) is 22.2. The quantitative estimate of drug-likeness (QED) is 0.710. The summed E-state index contributed by atoms with van der Waals surface area (Å²) >= 11 is 6.24. The van der Waals surface area contributed by atoms with Crippen molar-refractivity contribution in [1.29, 1.82) is 0 Å². The van der Waals surface area contributed by atoms with Crippen LogP contribution in [-0.2, 0) is 16.1 Å². The highest BCUT2D eigenvalue weighted by Gasteiger charge is 2.36. The molecule has 1 aliphatic carbocycles. The fourth-order valence-electron chi connectivity index (χ4n) is 4.02. The van der Waals surface area contributed by atoms with Gasteiger partial charge in [-0.2, -0.15) is 5.10 Å². The number of halogens is 1. The molecule has 2 heterocycles. The van der Waals surface area contributed by atoms with E-state index in [0.717, 1.165) is 51.0 Å². The lowest BCUT2D eigenvalue weighted by Crippen LogP contribution is -2.54. The van der Waals surface area contributed by atoms with Crippen LogP contribution in [0.15, 0.2) is 18.2 Å². The Morgan fingerprint density at radius 1 is 1.23 bits per heavy atom. The number of carbonyl (C=O) groups is 2. The van der Waals surface area contributed by atoms with Crippen molar-refractivity contribution in [3.05, 3.63) is 28.9 Å². The summed E-state index contributed by atoms with van der Waals surface area (Å²) in [4.78, 5) is 26.1. The molecule has 1 atom stereocenters. The topological polar surface area (TPSA) is 85.2 Å². The maximum Gasteiger partial charge on any atom is 0.273 e. The Bertz CT molecular complexity index is 971. The van der Waals surface area contributed by atoms with Gasteiger partial charge >= 0.3 is 0 Å². The van der Waals surface area contributed by atoms with Gasteiger partial charge in [0.1, 0.15) is 6.04 Å². The van der Waals surface area contributed by atoms with Crippen molar-refractivity contribution in [3.8, 4) is 0 Å². The van der Waals surface area contributed by atoms with Crippen molar-refractivity contribution in [2.45, 2.75) is 65.1 Å². The van der Waals surface area contributed by atoms with Crippen LogP contribution in [0.4, 0.5) is 0 Å². The van der Waals surface area contributed by atoms with Gasteiger partial charge in [-0.15, -0.1) is 0 Å². The van der Waals surface area contributed by atoms with E-state index in [9.17, 15) is 9.59 Å². The Kier molecular flexibility index (Phi) is 6.26. The third kappa shape index (κ3) is 5.21. The lowest BCUT2D eigenvalue weighted by Gasteiger charge is -2.30. The number of rotatable bonds is 6. The Balaban J connectivity index is 1.61. The SMILES string of the molecule is CC(C)(C)C(NC(=O)c1nn(CC2CCOCC2)c2ccc(Cl)cc12)C(=O)NC1CC1. The van der Waals surface area contributed by atoms with Crippen LogP contribution in [0.2, 0.25) is 5.02 Å². The minimum absolute atomic E-state index is 0.146. The van der Waals surface area contributed by atoms with Gasteiger partial charge in [0.15, 0.2) is 5.69 Å². The molecular formula is C23H31ClN4O3. The van der Waals surface area contributed by atoms with Crippen LogP contribution >= 0.6 is 11.6 Å². The molecule has 1 aliphatic heterocycles. The molecule has 7 nitrogen and oxygen atoms in total. The molecule has 0 radical (unpaired) electrons. The largest absolute Gasteiger partial charge is 0.381 e. The molecule has 1 unspecified atom stereocenters. The minimum Gasteiger partial charge on any atom is -0.381 e. The summed E-state index contributed by atoms with van der Waals surface area (Å²) in [6, 6.07) is 5.06. The van der Waals surface area contributed by atoms with Crippen LogP contribution in [-0.4, -0.2) is 46.9 Å². The summed E-state index contributed by atoms with van der Waals surface area (Å²) in [6.07, 6.45) is 3.94. The predicted molar refractivity (Wildman–Crippen MR) is 120 cm³/mol. The highest BCUT2D eigenvalue weighted by atomic mass is 35.5. The second-order valence-corrected chi connectivity index (χ2v) is 10.2. The maximum atomic E-state index is 13.3. The fourth-order valence-corrected chi connectivity index (χ4v) is 4.19. The molecule has 1 aromatic heterocycles. The molecule has 168 valence electrons. The second kappa shape index (κ2) is 8.79. The summed E-state index contributed by atoms with van der Waals surface area (Å²) in [5.41, 5.74) is 0.737. The van der Waals surface area contributed by atoms with E-state index in [1.165, 1.54) is 0 Å². The molecule has 1 saturated heterocycles. The fraction of sp³-hybridized carbons (Fsp3) is 0.609. The van der Waals surface area contributed by atoms with Gasteiger partial charge in [0, 0.05) is 36.2 Å². The predicted octanol–water partition coefficient (Wildman–Crippen LogP) is 3.54. The van der Waals surface area contributed by atoms with Gasteiger partial charge in [-0.3, -0.25) is 14.3 Å². The first-order chi connectivity index (χ1) is 14.7. The van der Waals surface area contributed by atoms with Crippen molar-refractivity contribution >= 4 is 34.3 Å². The summed E-state index contributed by atoms with van der Waals surface area (Å²) < 4.78 is 7.36. The number of nitrogens with one attached hydrogen (secondary N) is 2. The molecule has 2 aliphatic rings. The molecule has 8 heteroatoms. The summed E-state index contributed by atoms with van der Waals surface area (Å²) in [7, 11) is 0. The molecule has 1 saturated carbocycles.